The largest absolute Gasteiger partial charge is 0.504 e. The van der Waals surface area contributed by atoms with Gasteiger partial charge in [0, 0.05) is 17.7 Å². The number of nitrogens with one attached hydrogen (secondary N) is 1. The lowest BCUT2D eigenvalue weighted by Crippen LogP contribution is -2.40. The minimum Gasteiger partial charge on any atom is -0.504 e. The number of sulfonamides is 1. The van der Waals surface area contributed by atoms with E-state index in [4.69, 9.17) is 14.2 Å². The van der Waals surface area contributed by atoms with E-state index in [-0.39, 0.29) is 28.5 Å². The maximum atomic E-state index is 13.7. The number of carbonyl (C=O) groups is 1. The second-order valence-electron chi connectivity index (χ2n) is 7.47. The molecule has 0 unspecified atom stereocenters. The molecule has 38 heavy (non-hydrogen) atoms. The molecule has 0 radical (unpaired) electrons. The Bertz CT molecular complexity index is 1480. The molecule has 0 saturated carbocycles. The monoisotopic (exact) mass is 544 g/mol. The van der Waals surface area contributed by atoms with Crippen LogP contribution < -0.4 is 23.9 Å². The molecular formula is C24H24N4O9S. The van der Waals surface area contributed by atoms with Crippen molar-refractivity contribution in [2.75, 3.05) is 32.2 Å². The SMILES string of the molecule is COc1ccc(N(CC(=O)N/N=C\c2cccc(OC)c2O)S(=O)(=O)c2ccccc2[N+](=O)[O-])c(OC)c1. The lowest BCUT2D eigenvalue weighted by molar-refractivity contribution is -0.387. The fourth-order valence-corrected chi connectivity index (χ4v) is 4.98. The standard InChI is InChI=1S/C24H24N4O9S/c1-35-17-11-12-18(21(13-17)37-3)27(38(33,34)22-10-5-4-8-19(22)28(31)32)15-23(29)26-25-14-16-7-6-9-20(36-2)24(16)30/h4-14,30H,15H2,1-3H3,(H,26,29)/b25-14-. The molecule has 200 valence electrons. The van der Waals surface area contributed by atoms with Gasteiger partial charge in [-0.15, -0.1) is 0 Å². The smallest absolute Gasteiger partial charge is 0.289 e. The van der Waals surface area contributed by atoms with Gasteiger partial charge in [0.05, 0.1) is 38.2 Å². The van der Waals surface area contributed by atoms with Crippen LogP contribution >= 0.6 is 0 Å². The molecule has 0 fully saturated rings. The van der Waals surface area contributed by atoms with E-state index in [1.807, 2.05) is 0 Å². The number of amides is 1. The molecule has 3 rings (SSSR count). The van der Waals surface area contributed by atoms with E-state index in [2.05, 4.69) is 10.5 Å². The molecule has 0 aliphatic rings. The first-order valence-electron chi connectivity index (χ1n) is 10.8. The van der Waals surface area contributed by atoms with Gasteiger partial charge in [-0.05, 0) is 30.3 Å². The second kappa shape index (κ2) is 11.9. The second-order valence-corrected chi connectivity index (χ2v) is 9.30. The van der Waals surface area contributed by atoms with Gasteiger partial charge in [-0.25, -0.2) is 13.8 Å². The summed E-state index contributed by atoms with van der Waals surface area (Å²) in [5.41, 5.74) is 1.68. The molecule has 14 heteroatoms. The van der Waals surface area contributed by atoms with Gasteiger partial charge in [-0.3, -0.25) is 19.2 Å². The maximum Gasteiger partial charge on any atom is 0.289 e. The molecule has 1 amide bonds. The summed E-state index contributed by atoms with van der Waals surface area (Å²) in [6.07, 6.45) is 1.14. The Kier molecular flexibility index (Phi) is 8.70. The van der Waals surface area contributed by atoms with E-state index in [1.165, 1.54) is 63.8 Å². The van der Waals surface area contributed by atoms with E-state index in [0.29, 0.717) is 10.1 Å². The van der Waals surface area contributed by atoms with Gasteiger partial charge >= 0.3 is 0 Å². The van der Waals surface area contributed by atoms with Crippen LogP contribution in [0.15, 0.2) is 70.7 Å². The summed E-state index contributed by atoms with van der Waals surface area (Å²) in [6, 6.07) is 13.6. The predicted octanol–water partition coefficient (Wildman–Crippen LogP) is 2.67. The highest BCUT2D eigenvalue weighted by Gasteiger charge is 2.34. The number of rotatable bonds is 11. The Morgan fingerprint density at radius 1 is 1.05 bits per heavy atom. The van der Waals surface area contributed by atoms with Crippen LogP contribution in [0.4, 0.5) is 11.4 Å². The number of methoxy groups -OCH3 is 3. The highest BCUT2D eigenvalue weighted by Crippen LogP contribution is 2.37. The number of aromatic hydroxyl groups is 1. The van der Waals surface area contributed by atoms with Crippen molar-refractivity contribution in [2.45, 2.75) is 4.90 Å². The summed E-state index contributed by atoms with van der Waals surface area (Å²) >= 11 is 0. The minimum absolute atomic E-state index is 0.0316. The minimum atomic E-state index is -4.67. The topological polar surface area (TPSA) is 170 Å². The summed E-state index contributed by atoms with van der Waals surface area (Å²) in [4.78, 5) is 22.9. The van der Waals surface area contributed by atoms with Crippen LogP contribution in [0, 0.1) is 10.1 Å². The van der Waals surface area contributed by atoms with Crippen LogP contribution in [0.1, 0.15) is 5.56 Å². The number of carbonyl (C=O) groups excluding carboxylic acids is 1. The van der Waals surface area contributed by atoms with E-state index in [1.54, 1.807) is 6.07 Å². The van der Waals surface area contributed by atoms with E-state index in [0.717, 1.165) is 18.3 Å². The van der Waals surface area contributed by atoms with Crippen LogP contribution in [0.3, 0.4) is 0 Å². The van der Waals surface area contributed by atoms with Gasteiger partial charge in [0.25, 0.3) is 21.6 Å². The summed E-state index contributed by atoms with van der Waals surface area (Å²) in [5.74, 6) is -0.529. The molecule has 3 aromatic carbocycles. The van der Waals surface area contributed by atoms with Crippen molar-refractivity contribution in [3.8, 4) is 23.0 Å². The number of ether oxygens (including phenoxy) is 3. The summed E-state index contributed by atoms with van der Waals surface area (Å²) in [6.45, 7) is -0.821. The number of hydrogen-bond acceptors (Lipinski definition) is 10. The number of para-hydroxylation sites is 2. The number of hydrazone groups is 1. The molecule has 0 bridgehead atoms. The molecular weight excluding hydrogens is 520 g/mol. The molecule has 0 aliphatic carbocycles. The first-order valence-corrected chi connectivity index (χ1v) is 12.2. The third-order valence-corrected chi connectivity index (χ3v) is 7.02. The van der Waals surface area contributed by atoms with Gasteiger partial charge in [-0.2, -0.15) is 5.10 Å². The first-order chi connectivity index (χ1) is 18.1. The zero-order chi connectivity index (χ0) is 27.9. The zero-order valence-electron chi connectivity index (χ0n) is 20.5. The Labute approximate surface area is 218 Å². The third-order valence-electron chi connectivity index (χ3n) is 5.22. The van der Waals surface area contributed by atoms with Crippen molar-refractivity contribution in [3.05, 3.63) is 76.3 Å². The van der Waals surface area contributed by atoms with Gasteiger partial charge in [0.2, 0.25) is 0 Å². The molecule has 2 N–H and O–H groups in total. The van der Waals surface area contributed by atoms with Crippen molar-refractivity contribution in [2.24, 2.45) is 5.10 Å². The molecule has 0 spiro atoms. The maximum absolute atomic E-state index is 13.7. The van der Waals surface area contributed by atoms with Gasteiger partial charge < -0.3 is 19.3 Å². The van der Waals surface area contributed by atoms with Gasteiger partial charge in [0.15, 0.2) is 16.4 Å². The molecule has 0 heterocycles. The molecule has 3 aromatic rings. The molecule has 0 saturated heterocycles. The number of phenolic OH excluding ortho intramolecular Hbond substituents is 1. The van der Waals surface area contributed by atoms with Crippen LogP contribution in [0.2, 0.25) is 0 Å². The number of nitro groups is 1. The number of benzene rings is 3. The Morgan fingerprint density at radius 3 is 2.42 bits per heavy atom. The normalized spacial score (nSPS) is 11.1. The van der Waals surface area contributed by atoms with Gasteiger partial charge in [0.1, 0.15) is 18.0 Å². The molecule has 13 nitrogen and oxygen atoms in total. The lowest BCUT2D eigenvalue weighted by Gasteiger charge is -2.25. The van der Waals surface area contributed by atoms with Crippen LogP contribution in [-0.2, 0) is 14.8 Å². The van der Waals surface area contributed by atoms with Gasteiger partial charge in [-0.1, -0.05) is 18.2 Å². The lowest BCUT2D eigenvalue weighted by atomic mass is 10.2. The Hall–Kier alpha value is -4.85. The summed E-state index contributed by atoms with van der Waals surface area (Å²) in [5, 5.41) is 25.5. The van der Waals surface area contributed by atoms with Crippen molar-refractivity contribution in [1.82, 2.24) is 5.43 Å². The first kappa shape index (κ1) is 27.7. The van der Waals surface area contributed by atoms with Crippen LogP contribution in [0.25, 0.3) is 0 Å². The highest BCUT2D eigenvalue weighted by atomic mass is 32.2. The predicted molar refractivity (Wildman–Crippen MR) is 138 cm³/mol. The third kappa shape index (κ3) is 5.92. The molecule has 0 aliphatic heterocycles. The van der Waals surface area contributed by atoms with Crippen molar-refractivity contribution < 1.29 is 37.5 Å². The molecule has 0 atom stereocenters. The van der Waals surface area contributed by atoms with Crippen molar-refractivity contribution in [1.29, 1.82) is 0 Å². The average molecular weight is 545 g/mol. The van der Waals surface area contributed by atoms with E-state index >= 15 is 0 Å². The summed E-state index contributed by atoms with van der Waals surface area (Å²) in [7, 11) is -0.601. The Morgan fingerprint density at radius 2 is 1.76 bits per heavy atom. The van der Waals surface area contributed by atoms with Crippen LogP contribution in [-0.4, -0.2) is 58.4 Å². The highest BCUT2D eigenvalue weighted by molar-refractivity contribution is 7.93. The number of nitro benzene ring substituents is 1. The fourth-order valence-electron chi connectivity index (χ4n) is 3.38. The fraction of sp³-hybridized carbons (Fsp3) is 0.167. The Balaban J connectivity index is 2.00. The number of hydrogen-bond donors (Lipinski definition) is 2. The van der Waals surface area contributed by atoms with E-state index in [9.17, 15) is 28.4 Å². The van der Waals surface area contributed by atoms with Crippen molar-refractivity contribution in [3.63, 3.8) is 0 Å². The number of nitrogens with zero attached hydrogens (tertiary/aromatic N) is 3. The average Bonchev–Trinajstić information content (AvgIpc) is 2.92. The molecule has 0 aromatic heterocycles. The zero-order valence-corrected chi connectivity index (χ0v) is 21.3. The number of phenols is 1. The van der Waals surface area contributed by atoms with Crippen LogP contribution in [0.5, 0.6) is 23.0 Å². The van der Waals surface area contributed by atoms with Crippen molar-refractivity contribution >= 4 is 33.5 Å². The summed E-state index contributed by atoms with van der Waals surface area (Å²) < 4.78 is 43.5. The number of anilines is 1. The quantitative estimate of drug-likeness (QED) is 0.209. The van der Waals surface area contributed by atoms with E-state index < -0.39 is 38.0 Å².